The number of hydrogen-bond acceptors (Lipinski definition) is 6. The Labute approximate surface area is 155 Å². The Hall–Kier alpha value is -2.06. The van der Waals surface area contributed by atoms with Gasteiger partial charge in [0, 0.05) is 12.4 Å². The van der Waals surface area contributed by atoms with Gasteiger partial charge in [0.05, 0.1) is 29.6 Å². The van der Waals surface area contributed by atoms with Crippen LogP contribution in [0.2, 0.25) is 0 Å². The fourth-order valence-corrected chi connectivity index (χ4v) is 4.29. The molecule has 0 aliphatic heterocycles. The van der Waals surface area contributed by atoms with Gasteiger partial charge in [-0.3, -0.25) is 4.79 Å². The molecule has 6 nitrogen and oxygen atoms in total. The number of thiazole rings is 1. The van der Waals surface area contributed by atoms with Crippen LogP contribution in [0, 0.1) is 19.8 Å². The van der Waals surface area contributed by atoms with E-state index in [4.69, 9.17) is 0 Å². The van der Waals surface area contributed by atoms with Crippen LogP contribution in [0.3, 0.4) is 0 Å². The van der Waals surface area contributed by atoms with Crippen LogP contribution in [0.1, 0.15) is 24.3 Å². The second-order valence-electron chi connectivity index (χ2n) is 6.10. The van der Waals surface area contributed by atoms with E-state index in [0.717, 1.165) is 27.2 Å². The van der Waals surface area contributed by atoms with Gasteiger partial charge in [0.1, 0.15) is 16.7 Å². The van der Waals surface area contributed by atoms with Gasteiger partial charge in [-0.15, -0.1) is 22.7 Å². The first-order valence-corrected chi connectivity index (χ1v) is 9.81. The molecule has 0 spiro atoms. The zero-order valence-corrected chi connectivity index (χ0v) is 16.4. The number of aryl methyl sites for hydroxylation is 2. The zero-order chi connectivity index (χ0) is 18.0. The van der Waals surface area contributed by atoms with Crippen molar-refractivity contribution in [3.05, 3.63) is 40.2 Å². The third-order valence-corrected chi connectivity index (χ3v) is 5.82. The average molecular weight is 376 g/mol. The van der Waals surface area contributed by atoms with E-state index in [1.165, 1.54) is 0 Å². The third-order valence-electron chi connectivity index (χ3n) is 3.89. The smallest absolute Gasteiger partial charge is 0.227 e. The van der Waals surface area contributed by atoms with Crippen molar-refractivity contribution in [1.82, 2.24) is 24.6 Å². The van der Waals surface area contributed by atoms with Gasteiger partial charge in [0.25, 0.3) is 0 Å². The van der Waals surface area contributed by atoms with Crippen molar-refractivity contribution < 1.29 is 4.79 Å². The molecule has 3 heterocycles. The lowest BCUT2D eigenvalue weighted by Crippen LogP contribution is -2.33. The van der Waals surface area contributed by atoms with Crippen LogP contribution in [-0.4, -0.2) is 37.6 Å². The highest BCUT2D eigenvalue weighted by Gasteiger charge is 2.20. The minimum atomic E-state index is -0.166. The zero-order valence-electron chi connectivity index (χ0n) is 14.8. The summed E-state index contributed by atoms with van der Waals surface area (Å²) < 4.78 is 1.80. The summed E-state index contributed by atoms with van der Waals surface area (Å²) in [6.07, 6.45) is 0. The van der Waals surface area contributed by atoms with Crippen molar-refractivity contribution in [3.8, 4) is 9.88 Å². The van der Waals surface area contributed by atoms with Crippen LogP contribution in [-0.2, 0) is 17.9 Å². The fourth-order valence-electron chi connectivity index (χ4n) is 2.66. The summed E-state index contributed by atoms with van der Waals surface area (Å²) in [4.78, 5) is 24.5. The molecule has 0 aliphatic carbocycles. The molecule has 8 heteroatoms. The van der Waals surface area contributed by atoms with Crippen LogP contribution >= 0.6 is 22.7 Å². The summed E-state index contributed by atoms with van der Waals surface area (Å²) >= 11 is 3.29. The van der Waals surface area contributed by atoms with Crippen LogP contribution in [0.15, 0.2) is 22.9 Å². The van der Waals surface area contributed by atoms with Crippen molar-refractivity contribution in [2.75, 3.05) is 7.05 Å². The number of aromatic nitrogens is 4. The van der Waals surface area contributed by atoms with Crippen molar-refractivity contribution in [3.63, 3.8) is 0 Å². The largest absolute Gasteiger partial charge is 0.340 e. The Morgan fingerprint density at radius 3 is 2.76 bits per heavy atom. The predicted molar refractivity (Wildman–Crippen MR) is 101 cm³/mol. The monoisotopic (exact) mass is 375 g/mol. The van der Waals surface area contributed by atoms with Crippen LogP contribution < -0.4 is 0 Å². The summed E-state index contributed by atoms with van der Waals surface area (Å²) in [6, 6.07) is 4.08. The molecule has 3 rings (SSSR count). The summed E-state index contributed by atoms with van der Waals surface area (Å²) in [7, 11) is 1.82. The Bertz CT molecular complexity index is 852. The topological polar surface area (TPSA) is 63.9 Å². The SMILES string of the molecule is Cc1nc(C)n(C[C@H](C)C(=O)N(C)Cc2csc(-c3cccs3)n2)n1. The van der Waals surface area contributed by atoms with Crippen molar-refractivity contribution in [2.45, 2.75) is 33.9 Å². The summed E-state index contributed by atoms with van der Waals surface area (Å²) in [5.74, 6) is 1.48. The van der Waals surface area contributed by atoms with Crippen molar-refractivity contribution in [1.29, 1.82) is 0 Å². The predicted octanol–water partition coefficient (Wildman–Crippen LogP) is 3.37. The van der Waals surface area contributed by atoms with Gasteiger partial charge in [-0.2, -0.15) is 5.10 Å². The molecule has 132 valence electrons. The molecule has 0 saturated carbocycles. The molecular formula is C17H21N5OS2. The number of carbonyl (C=O) groups excluding carboxylic acids is 1. The molecule has 0 aromatic carbocycles. The second kappa shape index (κ2) is 7.45. The highest BCUT2D eigenvalue weighted by Crippen LogP contribution is 2.28. The molecular weight excluding hydrogens is 354 g/mol. The molecule has 0 N–H and O–H groups in total. The number of carbonyl (C=O) groups is 1. The fraction of sp³-hybridized carbons (Fsp3) is 0.412. The van der Waals surface area contributed by atoms with Gasteiger partial charge >= 0.3 is 0 Å². The molecule has 0 unspecified atom stereocenters. The molecule has 1 amide bonds. The Balaban J connectivity index is 1.61. The van der Waals surface area contributed by atoms with Crippen molar-refractivity contribution >= 4 is 28.6 Å². The second-order valence-corrected chi connectivity index (χ2v) is 7.91. The van der Waals surface area contributed by atoms with Crippen LogP contribution in [0.5, 0.6) is 0 Å². The maximum atomic E-state index is 12.6. The highest BCUT2D eigenvalue weighted by molar-refractivity contribution is 7.20. The molecule has 25 heavy (non-hydrogen) atoms. The van der Waals surface area contributed by atoms with E-state index in [0.29, 0.717) is 13.1 Å². The number of nitrogens with zero attached hydrogens (tertiary/aromatic N) is 5. The van der Waals surface area contributed by atoms with E-state index in [1.807, 2.05) is 44.6 Å². The van der Waals surface area contributed by atoms with Gasteiger partial charge in [-0.1, -0.05) is 13.0 Å². The van der Waals surface area contributed by atoms with Gasteiger partial charge < -0.3 is 4.90 Å². The number of hydrogen-bond donors (Lipinski definition) is 0. The normalized spacial score (nSPS) is 12.3. The minimum absolute atomic E-state index is 0.0817. The Kier molecular flexibility index (Phi) is 5.29. The lowest BCUT2D eigenvalue weighted by molar-refractivity contribution is -0.134. The molecule has 0 radical (unpaired) electrons. The quantitative estimate of drug-likeness (QED) is 0.663. The van der Waals surface area contributed by atoms with E-state index in [2.05, 4.69) is 21.1 Å². The molecule has 1 atom stereocenters. The van der Waals surface area contributed by atoms with E-state index < -0.39 is 0 Å². The van der Waals surface area contributed by atoms with Crippen LogP contribution in [0.25, 0.3) is 9.88 Å². The van der Waals surface area contributed by atoms with E-state index in [1.54, 1.807) is 32.3 Å². The van der Waals surface area contributed by atoms with Gasteiger partial charge in [-0.05, 0) is 25.3 Å². The molecule has 3 aromatic heterocycles. The summed E-state index contributed by atoms with van der Waals surface area (Å²) in [5, 5.41) is 9.41. The van der Waals surface area contributed by atoms with Crippen LogP contribution in [0.4, 0.5) is 0 Å². The maximum Gasteiger partial charge on any atom is 0.227 e. The van der Waals surface area contributed by atoms with E-state index >= 15 is 0 Å². The Morgan fingerprint density at radius 1 is 1.32 bits per heavy atom. The lowest BCUT2D eigenvalue weighted by Gasteiger charge is -2.20. The third kappa shape index (κ3) is 4.13. The molecule has 0 bridgehead atoms. The highest BCUT2D eigenvalue weighted by atomic mass is 32.1. The Morgan fingerprint density at radius 2 is 2.12 bits per heavy atom. The minimum Gasteiger partial charge on any atom is -0.340 e. The van der Waals surface area contributed by atoms with Gasteiger partial charge in [-0.25, -0.2) is 14.6 Å². The first kappa shape index (κ1) is 17.8. The maximum absolute atomic E-state index is 12.6. The molecule has 0 fully saturated rings. The molecule has 0 aliphatic rings. The number of amides is 1. The van der Waals surface area contributed by atoms with Gasteiger partial charge in [0.15, 0.2) is 0 Å². The van der Waals surface area contributed by atoms with E-state index in [9.17, 15) is 4.79 Å². The van der Waals surface area contributed by atoms with Gasteiger partial charge in [0.2, 0.25) is 5.91 Å². The molecule has 3 aromatic rings. The average Bonchev–Trinajstić information content (AvgIpc) is 3.28. The van der Waals surface area contributed by atoms with E-state index in [-0.39, 0.29) is 11.8 Å². The summed E-state index contributed by atoms with van der Waals surface area (Å²) in [6.45, 7) is 6.74. The number of rotatable bonds is 6. The standard InChI is InChI=1S/C17H21N5OS2/c1-11(8-22-13(3)18-12(2)20-22)17(23)21(4)9-14-10-25-16(19-14)15-6-5-7-24-15/h5-7,10-11H,8-9H2,1-4H3/t11-/m0/s1. The number of thiophene rings is 1. The first-order chi connectivity index (χ1) is 11.9. The first-order valence-electron chi connectivity index (χ1n) is 8.05. The van der Waals surface area contributed by atoms with Crippen molar-refractivity contribution in [2.24, 2.45) is 5.92 Å². The summed E-state index contributed by atoms with van der Waals surface area (Å²) in [5.41, 5.74) is 0.921. The molecule has 0 saturated heterocycles. The lowest BCUT2D eigenvalue weighted by atomic mass is 10.1.